The predicted octanol–water partition coefficient (Wildman–Crippen LogP) is 3.09. The Morgan fingerprint density at radius 3 is 2.78 bits per heavy atom. The number of hydrogen-bond acceptors (Lipinski definition) is 6. The second-order valence-electron chi connectivity index (χ2n) is 4.83. The molecule has 0 spiro atoms. The van der Waals surface area contributed by atoms with E-state index in [-0.39, 0.29) is 17.9 Å². The summed E-state index contributed by atoms with van der Waals surface area (Å²) in [4.78, 5) is 26.7. The van der Waals surface area contributed by atoms with Crippen molar-refractivity contribution in [3.05, 3.63) is 63.5 Å². The summed E-state index contributed by atoms with van der Waals surface area (Å²) in [6, 6.07) is 9.94. The Labute approximate surface area is 133 Å². The van der Waals surface area contributed by atoms with Gasteiger partial charge in [0.1, 0.15) is 5.56 Å². The van der Waals surface area contributed by atoms with E-state index in [1.807, 2.05) is 25.1 Å². The first-order valence-electron chi connectivity index (χ1n) is 7.13. The van der Waals surface area contributed by atoms with Crippen LogP contribution in [-0.2, 0) is 11.3 Å². The molecule has 7 heteroatoms. The number of anilines is 1. The van der Waals surface area contributed by atoms with Gasteiger partial charge in [0.25, 0.3) is 5.69 Å². The van der Waals surface area contributed by atoms with E-state index < -0.39 is 10.9 Å². The fourth-order valence-electron chi connectivity index (χ4n) is 2.07. The number of rotatable bonds is 6. The summed E-state index contributed by atoms with van der Waals surface area (Å²) >= 11 is 0. The number of carbonyl (C=O) groups is 1. The minimum Gasteiger partial charge on any atom is -0.462 e. The van der Waals surface area contributed by atoms with Crippen molar-refractivity contribution in [2.24, 2.45) is 0 Å². The molecule has 0 unspecified atom stereocenters. The monoisotopic (exact) mass is 315 g/mol. The van der Waals surface area contributed by atoms with Crippen LogP contribution in [-0.4, -0.2) is 22.5 Å². The van der Waals surface area contributed by atoms with E-state index in [0.717, 1.165) is 11.4 Å². The Balaban J connectivity index is 2.21. The van der Waals surface area contributed by atoms with Gasteiger partial charge in [-0.25, -0.2) is 4.79 Å². The second-order valence-corrected chi connectivity index (χ2v) is 4.83. The molecule has 0 aliphatic heterocycles. The number of pyridine rings is 1. The molecular formula is C16H17N3O4. The van der Waals surface area contributed by atoms with E-state index in [2.05, 4.69) is 10.3 Å². The summed E-state index contributed by atoms with van der Waals surface area (Å²) in [6.45, 7) is 4.14. The predicted molar refractivity (Wildman–Crippen MR) is 85.4 cm³/mol. The summed E-state index contributed by atoms with van der Waals surface area (Å²) in [5, 5.41) is 14.1. The van der Waals surface area contributed by atoms with E-state index in [0.29, 0.717) is 12.2 Å². The normalized spacial score (nSPS) is 10.2. The highest BCUT2D eigenvalue weighted by atomic mass is 16.6. The summed E-state index contributed by atoms with van der Waals surface area (Å²) in [5.41, 5.74) is 1.98. The number of nitrogens with one attached hydrogen (secondary N) is 1. The molecule has 1 N–H and O–H groups in total. The van der Waals surface area contributed by atoms with Crippen molar-refractivity contribution >= 4 is 17.3 Å². The van der Waals surface area contributed by atoms with Crippen LogP contribution < -0.4 is 5.32 Å². The number of carbonyl (C=O) groups excluding carboxylic acids is 1. The molecule has 1 heterocycles. The van der Waals surface area contributed by atoms with Crippen LogP contribution >= 0.6 is 0 Å². The zero-order valence-corrected chi connectivity index (χ0v) is 12.9. The van der Waals surface area contributed by atoms with Gasteiger partial charge in [-0.1, -0.05) is 6.07 Å². The van der Waals surface area contributed by atoms with Gasteiger partial charge in [-0.15, -0.1) is 0 Å². The van der Waals surface area contributed by atoms with Crippen molar-refractivity contribution in [2.75, 3.05) is 11.9 Å². The smallest absolute Gasteiger partial charge is 0.345 e. The third-order valence-electron chi connectivity index (χ3n) is 3.11. The van der Waals surface area contributed by atoms with Gasteiger partial charge >= 0.3 is 5.97 Å². The Morgan fingerprint density at radius 1 is 1.35 bits per heavy atom. The zero-order chi connectivity index (χ0) is 16.8. The van der Waals surface area contributed by atoms with Gasteiger partial charge in [-0.2, -0.15) is 0 Å². The molecule has 0 amide bonds. The molecule has 0 aliphatic rings. The van der Waals surface area contributed by atoms with Crippen molar-refractivity contribution in [1.29, 1.82) is 0 Å². The Bertz CT molecular complexity index is 731. The molecule has 7 nitrogen and oxygen atoms in total. The van der Waals surface area contributed by atoms with Crippen LogP contribution in [0.2, 0.25) is 0 Å². The van der Waals surface area contributed by atoms with Gasteiger partial charge in [0, 0.05) is 17.4 Å². The topological polar surface area (TPSA) is 94.4 Å². The largest absolute Gasteiger partial charge is 0.462 e. The van der Waals surface area contributed by atoms with E-state index in [9.17, 15) is 14.9 Å². The summed E-state index contributed by atoms with van der Waals surface area (Å²) in [7, 11) is 0. The number of esters is 1. The van der Waals surface area contributed by atoms with Crippen LogP contribution in [0.15, 0.2) is 36.4 Å². The quantitative estimate of drug-likeness (QED) is 0.500. The SMILES string of the molecule is CCOC(=O)c1cc(NCc2cccc(C)n2)ccc1[N+](=O)[O-]. The number of hydrogen-bond donors (Lipinski definition) is 1. The first-order valence-corrected chi connectivity index (χ1v) is 7.13. The fourth-order valence-corrected chi connectivity index (χ4v) is 2.07. The minimum absolute atomic E-state index is 0.0703. The van der Waals surface area contributed by atoms with Gasteiger partial charge in [-0.3, -0.25) is 15.1 Å². The summed E-state index contributed by atoms with van der Waals surface area (Å²) in [5.74, 6) is -0.712. The molecule has 0 bridgehead atoms. The number of benzene rings is 1. The molecule has 2 rings (SSSR count). The van der Waals surface area contributed by atoms with E-state index in [4.69, 9.17) is 4.74 Å². The van der Waals surface area contributed by atoms with Gasteiger partial charge in [0.05, 0.1) is 23.8 Å². The first-order chi connectivity index (χ1) is 11.0. The number of nitrogens with zero attached hydrogens (tertiary/aromatic N) is 2. The molecule has 0 atom stereocenters. The van der Waals surface area contributed by atoms with Crippen molar-refractivity contribution in [3.63, 3.8) is 0 Å². The van der Waals surface area contributed by atoms with Crippen LogP contribution in [0.1, 0.15) is 28.7 Å². The highest BCUT2D eigenvalue weighted by molar-refractivity contribution is 5.95. The van der Waals surface area contributed by atoms with Crippen molar-refractivity contribution < 1.29 is 14.5 Å². The molecule has 0 fully saturated rings. The Morgan fingerprint density at radius 2 is 2.13 bits per heavy atom. The standard InChI is InChI=1S/C16H17N3O4/c1-3-23-16(20)14-9-12(7-8-15(14)19(21)22)17-10-13-6-4-5-11(2)18-13/h4-9,17H,3,10H2,1-2H3. The third-order valence-corrected chi connectivity index (χ3v) is 3.11. The maximum Gasteiger partial charge on any atom is 0.345 e. The van der Waals surface area contributed by atoms with Crippen LogP contribution in [0.25, 0.3) is 0 Å². The molecule has 0 saturated carbocycles. The zero-order valence-electron chi connectivity index (χ0n) is 12.9. The number of nitro groups is 1. The van der Waals surface area contributed by atoms with Gasteiger partial charge in [0.2, 0.25) is 0 Å². The average Bonchev–Trinajstić information content (AvgIpc) is 2.53. The van der Waals surface area contributed by atoms with Crippen molar-refractivity contribution in [2.45, 2.75) is 20.4 Å². The minimum atomic E-state index is -0.712. The first kappa shape index (κ1) is 16.4. The molecule has 2 aromatic rings. The molecule has 0 radical (unpaired) electrons. The number of aryl methyl sites for hydroxylation is 1. The highest BCUT2D eigenvalue weighted by Crippen LogP contribution is 2.24. The van der Waals surface area contributed by atoms with E-state index in [1.54, 1.807) is 13.0 Å². The third kappa shape index (κ3) is 4.26. The maximum atomic E-state index is 11.9. The van der Waals surface area contributed by atoms with E-state index in [1.165, 1.54) is 12.1 Å². The van der Waals surface area contributed by atoms with Crippen LogP contribution in [0.5, 0.6) is 0 Å². The second kappa shape index (κ2) is 7.35. The van der Waals surface area contributed by atoms with Crippen LogP contribution in [0.4, 0.5) is 11.4 Å². The Kier molecular flexibility index (Phi) is 5.24. The number of ether oxygens (including phenoxy) is 1. The molecule has 1 aromatic heterocycles. The van der Waals surface area contributed by atoms with Crippen molar-refractivity contribution in [1.82, 2.24) is 4.98 Å². The molecule has 1 aromatic carbocycles. The highest BCUT2D eigenvalue weighted by Gasteiger charge is 2.21. The van der Waals surface area contributed by atoms with Crippen molar-refractivity contribution in [3.8, 4) is 0 Å². The fraction of sp³-hybridized carbons (Fsp3) is 0.250. The lowest BCUT2D eigenvalue weighted by atomic mass is 10.1. The summed E-state index contributed by atoms with van der Waals surface area (Å²) in [6.07, 6.45) is 0. The molecule has 0 saturated heterocycles. The Hall–Kier alpha value is -2.96. The molecule has 23 heavy (non-hydrogen) atoms. The van der Waals surface area contributed by atoms with Gasteiger partial charge in [0.15, 0.2) is 0 Å². The molecule has 0 aliphatic carbocycles. The average molecular weight is 315 g/mol. The summed E-state index contributed by atoms with van der Waals surface area (Å²) < 4.78 is 4.87. The lowest BCUT2D eigenvalue weighted by Crippen LogP contribution is -2.09. The lowest BCUT2D eigenvalue weighted by molar-refractivity contribution is -0.385. The maximum absolute atomic E-state index is 11.9. The number of nitro benzene ring substituents is 1. The van der Waals surface area contributed by atoms with E-state index >= 15 is 0 Å². The van der Waals surface area contributed by atoms with Gasteiger partial charge < -0.3 is 10.1 Å². The van der Waals surface area contributed by atoms with Crippen LogP contribution in [0.3, 0.4) is 0 Å². The molecular weight excluding hydrogens is 298 g/mol. The lowest BCUT2D eigenvalue weighted by Gasteiger charge is -2.09. The number of aromatic nitrogens is 1. The molecule has 120 valence electrons. The van der Waals surface area contributed by atoms with Gasteiger partial charge in [-0.05, 0) is 38.1 Å². The van der Waals surface area contributed by atoms with Crippen LogP contribution in [0, 0.1) is 17.0 Å².